The van der Waals surface area contributed by atoms with Crippen molar-refractivity contribution in [2.75, 3.05) is 40.4 Å². The molecule has 0 amide bonds. The number of H-pyrrole nitrogens is 4. The lowest BCUT2D eigenvalue weighted by molar-refractivity contribution is 0.258. The highest BCUT2D eigenvalue weighted by Crippen LogP contribution is 2.41. The molecule has 0 radical (unpaired) electrons. The number of benzene rings is 4. The van der Waals surface area contributed by atoms with Crippen molar-refractivity contribution in [2.45, 2.75) is 124 Å². The van der Waals surface area contributed by atoms with E-state index in [0.717, 1.165) is 119 Å². The lowest BCUT2D eigenvalue weighted by atomic mass is 9.74. The Morgan fingerprint density at radius 2 is 0.924 bits per heavy atom. The van der Waals surface area contributed by atoms with E-state index < -0.39 is 0 Å². The number of aromatic nitrogens is 4. The Kier molecular flexibility index (Phi) is 14.1. The number of nitrogens with one attached hydrogen (secondary N) is 4. The van der Waals surface area contributed by atoms with Crippen molar-refractivity contribution in [1.82, 2.24) is 19.9 Å². The molecule has 0 saturated heterocycles. The van der Waals surface area contributed by atoms with Crippen molar-refractivity contribution in [3.05, 3.63) is 153 Å². The molecule has 3 atom stereocenters. The van der Waals surface area contributed by atoms with Gasteiger partial charge in [0, 0.05) is 81.9 Å². The van der Waals surface area contributed by atoms with Crippen molar-refractivity contribution >= 4 is 66.5 Å². The number of aromatic amines is 4. The molecule has 1 saturated carbocycles. The molecule has 4 aromatic heterocycles. The number of ether oxygens (including phenoxy) is 2. The van der Waals surface area contributed by atoms with Crippen LogP contribution in [-0.4, -0.2) is 83.2 Å². The number of aryl methyl sites for hydroxylation is 2. The second kappa shape index (κ2) is 21.8. The first-order valence-corrected chi connectivity index (χ1v) is 29.7. The van der Waals surface area contributed by atoms with Gasteiger partial charge in [-0.05, 0) is 185 Å². The van der Waals surface area contributed by atoms with Crippen molar-refractivity contribution in [1.29, 1.82) is 0 Å². The van der Waals surface area contributed by atoms with Crippen LogP contribution in [0.25, 0.3) is 43.6 Å². The third-order valence-electron chi connectivity index (χ3n) is 18.9. The number of nitrogens with zero attached hydrogens (tertiary/aromatic N) is 4. The zero-order chi connectivity index (χ0) is 53.7. The molecule has 1 fully saturated rings. The number of allylic oxidation sites excluding steroid dienone is 3. The Morgan fingerprint density at radius 3 is 1.32 bits per heavy atom. The molecule has 6 aliphatic rings. The van der Waals surface area contributed by atoms with Crippen LogP contribution in [0.4, 0.5) is 0 Å². The molecular weight excluding hydrogens is 973 g/mol. The Bertz CT molecular complexity index is 3820. The summed E-state index contributed by atoms with van der Waals surface area (Å²) < 4.78 is 11.0. The minimum atomic E-state index is 0.365. The van der Waals surface area contributed by atoms with E-state index in [1.165, 1.54) is 156 Å². The molecule has 0 bridgehead atoms. The van der Waals surface area contributed by atoms with Gasteiger partial charge in [0.05, 0.1) is 59.8 Å². The van der Waals surface area contributed by atoms with Crippen molar-refractivity contribution in [3.8, 4) is 11.5 Å². The van der Waals surface area contributed by atoms with Gasteiger partial charge in [-0.1, -0.05) is 80.2 Å². The fraction of sp³-hybridized carbons (Fsp3) is 0.420. The highest BCUT2D eigenvalue weighted by molar-refractivity contribution is 6.10. The Labute approximate surface area is 465 Å². The molecule has 10 heteroatoms. The summed E-state index contributed by atoms with van der Waals surface area (Å²) in [5, 5.41) is 5.34. The van der Waals surface area contributed by atoms with Crippen molar-refractivity contribution in [3.63, 3.8) is 0 Å². The standard InChI is InChI=1S/C36H40N4O.C33H38N4O/c1-21(2)23-6-8-24(9-7-23)25(18-33-35-29(13-15-37-33)27-11-5-22(3)17-31(27)39-35)19-34-36-30(14-16-38-34)28-12-10-26(41-4)20-32(28)40-36;1-20-8-10-24-26-12-14-34-30(32(26)36-28(24)16-20)17-22(21-6-4-3-5-7-21)18-31-33-27(13-15-35-31)25-11-9-23(38-2)19-29(25)37-33/h5,8,10-12,17,20,23,25,39-40H,1,6-7,9,13-16,18-19H2,2-4H3;8-11,16,19,21-22,36-37H,3-7,12-15,17-18H2,1-2H3. The first kappa shape index (κ1) is 51.3. The number of rotatable bonds is 13. The van der Waals surface area contributed by atoms with Gasteiger partial charge in [0.15, 0.2) is 0 Å². The van der Waals surface area contributed by atoms with E-state index in [1.807, 2.05) is 0 Å². The zero-order valence-corrected chi connectivity index (χ0v) is 47.3. The Balaban J connectivity index is 0.000000150. The summed E-state index contributed by atoms with van der Waals surface area (Å²) >= 11 is 0. The molecule has 4 aliphatic heterocycles. The van der Waals surface area contributed by atoms with Crippen LogP contribution in [0.1, 0.15) is 140 Å². The molecule has 10 nitrogen and oxygen atoms in total. The molecular formula is C69H78N8O2. The first-order chi connectivity index (χ1) is 38.7. The summed E-state index contributed by atoms with van der Waals surface area (Å²) in [7, 11) is 3.46. The van der Waals surface area contributed by atoms with Crippen LogP contribution in [0.5, 0.6) is 11.5 Å². The smallest absolute Gasteiger partial charge is 0.120 e. The maximum Gasteiger partial charge on any atom is 0.120 e. The number of hydrogen-bond donors (Lipinski definition) is 4. The molecule has 8 aromatic rings. The zero-order valence-electron chi connectivity index (χ0n) is 47.3. The molecule has 0 spiro atoms. The molecule has 14 rings (SSSR count). The van der Waals surface area contributed by atoms with Gasteiger partial charge < -0.3 is 29.4 Å². The molecule has 8 heterocycles. The first-order valence-electron chi connectivity index (χ1n) is 29.7. The third-order valence-corrected chi connectivity index (χ3v) is 18.9. The van der Waals surface area contributed by atoms with Crippen molar-refractivity contribution in [2.24, 2.45) is 43.6 Å². The highest BCUT2D eigenvalue weighted by atomic mass is 16.5. The monoisotopic (exact) mass is 1050 g/mol. The van der Waals surface area contributed by atoms with E-state index in [1.54, 1.807) is 19.8 Å². The predicted octanol–water partition coefficient (Wildman–Crippen LogP) is 15.4. The van der Waals surface area contributed by atoms with Gasteiger partial charge in [0.2, 0.25) is 0 Å². The molecule has 4 aromatic carbocycles. The highest BCUT2D eigenvalue weighted by Gasteiger charge is 2.33. The van der Waals surface area contributed by atoms with Crippen molar-refractivity contribution < 1.29 is 9.47 Å². The van der Waals surface area contributed by atoms with Crippen LogP contribution < -0.4 is 9.47 Å². The molecule has 4 N–H and O–H groups in total. The largest absolute Gasteiger partial charge is 0.497 e. The molecule has 3 unspecified atom stereocenters. The minimum Gasteiger partial charge on any atom is -0.497 e. The fourth-order valence-electron chi connectivity index (χ4n) is 14.7. The predicted molar refractivity (Wildman–Crippen MR) is 328 cm³/mol. The molecule has 2 aliphatic carbocycles. The minimum absolute atomic E-state index is 0.365. The van der Waals surface area contributed by atoms with Crippen LogP contribution >= 0.6 is 0 Å². The van der Waals surface area contributed by atoms with E-state index in [0.29, 0.717) is 17.8 Å². The summed E-state index contributed by atoms with van der Waals surface area (Å²) in [5.41, 5.74) is 26.0. The Hall–Kier alpha value is -7.20. The van der Waals surface area contributed by atoms with E-state index in [-0.39, 0.29) is 0 Å². The second-order valence-electron chi connectivity index (χ2n) is 23.9. The van der Waals surface area contributed by atoms with E-state index in [4.69, 9.17) is 29.4 Å². The SMILES string of the molecule is C=C(C)C1CC=C(C(CC2=NCCc3c2[nH]c2cc(C)ccc32)CC2=NCCc3c2[nH]c2cc(OC)ccc32)CC1.COc1ccc2c3c([nH]c2c1)C(CC(CC1=NCCc2c1[nH]c1cc(C)ccc21)C1CCCCC1)=NCC3. The lowest BCUT2D eigenvalue weighted by Crippen LogP contribution is -2.27. The van der Waals surface area contributed by atoms with Gasteiger partial charge in [0.1, 0.15) is 11.5 Å². The number of hydrogen-bond acceptors (Lipinski definition) is 6. The van der Waals surface area contributed by atoms with Crippen LogP contribution in [0, 0.1) is 37.5 Å². The van der Waals surface area contributed by atoms with Crippen LogP contribution in [0.3, 0.4) is 0 Å². The molecule has 406 valence electrons. The average molecular weight is 1050 g/mol. The summed E-state index contributed by atoms with van der Waals surface area (Å²) in [6, 6.07) is 26.4. The molecule has 79 heavy (non-hydrogen) atoms. The van der Waals surface area contributed by atoms with Gasteiger partial charge in [-0.15, -0.1) is 0 Å². The topological polar surface area (TPSA) is 131 Å². The number of fused-ring (bicyclic) bond motifs is 12. The van der Waals surface area contributed by atoms with E-state index in [2.05, 4.69) is 126 Å². The van der Waals surface area contributed by atoms with E-state index in [9.17, 15) is 0 Å². The second-order valence-corrected chi connectivity index (χ2v) is 23.9. The van der Waals surface area contributed by atoms with Gasteiger partial charge in [-0.3, -0.25) is 20.0 Å². The number of methoxy groups -OCH3 is 2. The normalized spacial score (nSPS) is 19.0. The average Bonchev–Trinajstić information content (AvgIpc) is 4.30. The summed E-state index contributed by atoms with van der Waals surface area (Å²) in [6.45, 7) is 14.3. The maximum atomic E-state index is 5.51. The van der Waals surface area contributed by atoms with Crippen LogP contribution in [0.2, 0.25) is 0 Å². The van der Waals surface area contributed by atoms with Crippen LogP contribution in [-0.2, 0) is 25.7 Å². The quantitative estimate of drug-likeness (QED) is 0.0857. The van der Waals surface area contributed by atoms with Gasteiger partial charge in [-0.2, -0.15) is 0 Å². The van der Waals surface area contributed by atoms with Crippen LogP contribution in [0.15, 0.2) is 117 Å². The summed E-state index contributed by atoms with van der Waals surface area (Å²) in [5.74, 6) is 4.03. The van der Waals surface area contributed by atoms with Gasteiger partial charge in [-0.25, -0.2) is 0 Å². The lowest BCUT2D eigenvalue weighted by Gasteiger charge is -2.32. The van der Waals surface area contributed by atoms with E-state index >= 15 is 0 Å². The van der Waals surface area contributed by atoms with Gasteiger partial charge in [0.25, 0.3) is 0 Å². The fourth-order valence-corrected chi connectivity index (χ4v) is 14.7. The summed E-state index contributed by atoms with van der Waals surface area (Å²) in [4.78, 5) is 35.6. The maximum absolute atomic E-state index is 5.51. The summed E-state index contributed by atoms with van der Waals surface area (Å²) in [6.07, 6.45) is 20.6. The number of aliphatic imine (C=N–C) groups is 4. The van der Waals surface area contributed by atoms with Gasteiger partial charge >= 0.3 is 0 Å². The third kappa shape index (κ3) is 10.0. The Morgan fingerprint density at radius 1 is 0.519 bits per heavy atom.